The highest BCUT2D eigenvalue weighted by Crippen LogP contribution is 2.12. The maximum atomic E-state index is 8.19. The van der Waals surface area contributed by atoms with Gasteiger partial charge >= 0.3 is 0 Å². The molecule has 0 fully saturated rings. The van der Waals surface area contributed by atoms with Crippen LogP contribution in [0, 0.1) is 48.3 Å². The minimum Gasteiger partial charge on any atom is -0.297 e. The van der Waals surface area contributed by atoms with Gasteiger partial charge in [0.1, 0.15) is 0 Å². The molecule has 0 radical (unpaired) electrons. The zero-order valence-corrected chi connectivity index (χ0v) is 14.8. The maximum absolute atomic E-state index is 8.19. The Balaban J connectivity index is 1.83. The van der Waals surface area contributed by atoms with Crippen molar-refractivity contribution in [2.75, 3.05) is 0 Å². The summed E-state index contributed by atoms with van der Waals surface area (Å²) in [5, 5.41) is 16.4. The van der Waals surface area contributed by atoms with Crippen molar-refractivity contribution >= 4 is 11.4 Å². The Morgan fingerprint density at radius 1 is 0.538 bits per heavy atom. The highest BCUT2D eigenvalue weighted by atomic mass is 14.5. The molecular weight excluding hydrogens is 316 g/mol. The summed E-state index contributed by atoms with van der Waals surface area (Å²) in [6, 6.07) is 15.8. The van der Waals surface area contributed by atoms with Gasteiger partial charge in [0.05, 0.1) is 22.6 Å². The van der Waals surface area contributed by atoms with Crippen molar-refractivity contribution in [3.8, 4) is 23.7 Å². The monoisotopic (exact) mass is 334 g/mol. The summed E-state index contributed by atoms with van der Waals surface area (Å²) >= 11 is 0. The van der Waals surface area contributed by atoms with Crippen LogP contribution in [-0.4, -0.2) is 11.4 Å². The first kappa shape index (κ1) is 17.2. The van der Waals surface area contributed by atoms with Gasteiger partial charge < -0.3 is 0 Å². The molecule has 2 N–H and O–H groups in total. The summed E-state index contributed by atoms with van der Waals surface area (Å²) in [4.78, 5) is 0. The van der Waals surface area contributed by atoms with E-state index in [-0.39, 0.29) is 11.4 Å². The second-order valence-electron chi connectivity index (χ2n) is 6.14. The van der Waals surface area contributed by atoms with Crippen molar-refractivity contribution in [1.29, 1.82) is 10.8 Å². The van der Waals surface area contributed by atoms with Crippen molar-refractivity contribution in [2.45, 2.75) is 13.8 Å². The molecule has 3 rings (SSSR count). The van der Waals surface area contributed by atoms with Crippen LogP contribution in [0.15, 0.2) is 71.8 Å². The van der Waals surface area contributed by atoms with Crippen molar-refractivity contribution in [3.05, 3.63) is 94.1 Å². The lowest BCUT2D eigenvalue weighted by Gasteiger charge is -2.09. The molecule has 2 aromatic carbocycles. The second kappa shape index (κ2) is 7.51. The summed E-state index contributed by atoms with van der Waals surface area (Å²) in [5.41, 5.74) is 5.45. The fourth-order valence-electron chi connectivity index (χ4n) is 2.36. The van der Waals surface area contributed by atoms with Crippen LogP contribution in [0.5, 0.6) is 0 Å². The molecule has 2 aromatic rings. The first-order valence-corrected chi connectivity index (χ1v) is 8.30. The third kappa shape index (κ3) is 4.07. The van der Waals surface area contributed by atoms with E-state index in [2.05, 4.69) is 23.7 Å². The predicted octanol–water partition coefficient (Wildman–Crippen LogP) is 4.61. The van der Waals surface area contributed by atoms with Gasteiger partial charge in [-0.25, -0.2) is 0 Å². The van der Waals surface area contributed by atoms with Crippen LogP contribution in [0.4, 0.5) is 0 Å². The molecule has 0 aromatic heterocycles. The molecule has 0 heterocycles. The van der Waals surface area contributed by atoms with Gasteiger partial charge in [-0.15, -0.1) is 0 Å². The number of allylic oxidation sites excluding steroid dienone is 4. The molecule has 0 saturated carbocycles. The van der Waals surface area contributed by atoms with E-state index in [1.807, 2.05) is 62.4 Å². The molecular formula is C24H18N2. The average Bonchev–Trinajstić information content (AvgIpc) is 2.65. The molecule has 2 heteroatoms. The molecule has 0 bridgehead atoms. The van der Waals surface area contributed by atoms with Gasteiger partial charge in [0.2, 0.25) is 0 Å². The van der Waals surface area contributed by atoms with Crippen LogP contribution in [-0.2, 0) is 0 Å². The van der Waals surface area contributed by atoms with E-state index in [1.54, 1.807) is 12.2 Å². The number of aryl methyl sites for hydroxylation is 2. The lowest BCUT2D eigenvalue weighted by molar-refractivity contribution is 1.45. The number of rotatable bonds is 0. The quantitative estimate of drug-likeness (QED) is 0.522. The van der Waals surface area contributed by atoms with Crippen molar-refractivity contribution in [3.63, 3.8) is 0 Å². The van der Waals surface area contributed by atoms with E-state index in [0.717, 1.165) is 11.1 Å². The SMILES string of the molecule is Cc1ccc(C#CC2=CC=C(C#Cc3ccc(C)cc3)C(=N)C2=N)cc1. The summed E-state index contributed by atoms with van der Waals surface area (Å²) in [7, 11) is 0. The lowest BCUT2D eigenvalue weighted by Crippen LogP contribution is -2.18. The third-order valence-corrected chi connectivity index (χ3v) is 3.99. The first-order valence-electron chi connectivity index (χ1n) is 8.30. The minimum absolute atomic E-state index is 0.111. The molecule has 0 amide bonds. The van der Waals surface area contributed by atoms with Gasteiger partial charge in [0.25, 0.3) is 0 Å². The largest absolute Gasteiger partial charge is 0.297 e. The van der Waals surface area contributed by atoms with E-state index in [9.17, 15) is 0 Å². The smallest absolute Gasteiger partial charge is 0.0958 e. The minimum atomic E-state index is 0.111. The van der Waals surface area contributed by atoms with Crippen LogP contribution in [0.1, 0.15) is 22.3 Å². The molecule has 1 aliphatic rings. The molecule has 1 aliphatic carbocycles. The van der Waals surface area contributed by atoms with Gasteiger partial charge in [0.15, 0.2) is 0 Å². The van der Waals surface area contributed by atoms with E-state index >= 15 is 0 Å². The van der Waals surface area contributed by atoms with E-state index in [4.69, 9.17) is 10.8 Å². The number of hydrogen-bond donors (Lipinski definition) is 2. The van der Waals surface area contributed by atoms with Crippen molar-refractivity contribution in [1.82, 2.24) is 0 Å². The number of nitrogens with one attached hydrogen (secondary N) is 2. The molecule has 0 aliphatic heterocycles. The normalized spacial score (nSPS) is 13.0. The van der Waals surface area contributed by atoms with E-state index < -0.39 is 0 Å². The highest BCUT2D eigenvalue weighted by molar-refractivity contribution is 6.54. The molecule has 124 valence electrons. The van der Waals surface area contributed by atoms with E-state index in [0.29, 0.717) is 11.1 Å². The van der Waals surface area contributed by atoms with Gasteiger partial charge in [-0.1, -0.05) is 59.1 Å². The highest BCUT2D eigenvalue weighted by Gasteiger charge is 2.16. The Kier molecular flexibility index (Phi) is 4.97. The molecule has 0 saturated heterocycles. The van der Waals surface area contributed by atoms with Crippen LogP contribution < -0.4 is 0 Å². The molecule has 0 spiro atoms. The second-order valence-corrected chi connectivity index (χ2v) is 6.14. The van der Waals surface area contributed by atoms with Crippen LogP contribution >= 0.6 is 0 Å². The Bertz CT molecular complexity index is 966. The standard InChI is InChI=1S/C24H18N2/c1-17-3-7-19(8-4-17)11-13-21-15-16-22(24(26)23(21)25)14-12-20-9-5-18(2)6-10-20/h3-10,15-16,25-26H,1-2H3. The van der Waals surface area contributed by atoms with Crippen molar-refractivity contribution < 1.29 is 0 Å². The zero-order chi connectivity index (χ0) is 18.5. The fraction of sp³-hybridized carbons (Fsp3) is 0.0833. The molecule has 0 atom stereocenters. The summed E-state index contributed by atoms with van der Waals surface area (Å²) in [6.45, 7) is 4.06. The van der Waals surface area contributed by atoms with Gasteiger partial charge in [-0.3, -0.25) is 10.8 Å². The maximum Gasteiger partial charge on any atom is 0.0958 e. The molecule has 26 heavy (non-hydrogen) atoms. The summed E-state index contributed by atoms with van der Waals surface area (Å²) in [5.74, 6) is 12.1. The van der Waals surface area contributed by atoms with Gasteiger partial charge in [-0.05, 0) is 50.3 Å². The predicted molar refractivity (Wildman–Crippen MR) is 108 cm³/mol. The Labute approximate surface area is 154 Å². The average molecular weight is 334 g/mol. The lowest BCUT2D eigenvalue weighted by atomic mass is 9.94. The zero-order valence-electron chi connectivity index (χ0n) is 14.8. The van der Waals surface area contributed by atoms with Crippen molar-refractivity contribution in [2.24, 2.45) is 0 Å². The van der Waals surface area contributed by atoms with Crippen LogP contribution in [0.25, 0.3) is 0 Å². The third-order valence-electron chi connectivity index (χ3n) is 3.99. The Morgan fingerprint density at radius 3 is 1.23 bits per heavy atom. The van der Waals surface area contributed by atoms with Crippen LogP contribution in [0.2, 0.25) is 0 Å². The number of benzene rings is 2. The summed E-state index contributed by atoms with van der Waals surface area (Å²) in [6.07, 6.45) is 3.53. The summed E-state index contributed by atoms with van der Waals surface area (Å²) < 4.78 is 0. The first-order chi connectivity index (χ1) is 12.5. The van der Waals surface area contributed by atoms with Gasteiger partial charge in [-0.2, -0.15) is 0 Å². The molecule has 2 nitrogen and oxygen atoms in total. The molecule has 0 unspecified atom stereocenters. The van der Waals surface area contributed by atoms with Gasteiger partial charge in [0, 0.05) is 11.1 Å². The van der Waals surface area contributed by atoms with E-state index in [1.165, 1.54) is 11.1 Å². The van der Waals surface area contributed by atoms with Crippen LogP contribution in [0.3, 0.4) is 0 Å². The topological polar surface area (TPSA) is 47.7 Å². The number of hydrogen-bond acceptors (Lipinski definition) is 2. The Morgan fingerprint density at radius 2 is 0.885 bits per heavy atom. The Hall–Kier alpha value is -3.62. The fourth-order valence-corrected chi connectivity index (χ4v) is 2.36.